The number of benzene rings is 2. The molecule has 0 saturated carbocycles. The minimum Gasteiger partial charge on any atom is -0.496 e. The van der Waals surface area contributed by atoms with E-state index >= 15 is 0 Å². The van der Waals surface area contributed by atoms with Gasteiger partial charge in [0.1, 0.15) is 5.75 Å². The lowest BCUT2D eigenvalue weighted by Gasteiger charge is -2.35. The molecule has 3 heteroatoms. The van der Waals surface area contributed by atoms with Gasteiger partial charge in [-0.1, -0.05) is 55.0 Å². The van der Waals surface area contributed by atoms with Gasteiger partial charge in [0.25, 0.3) is 0 Å². The first kappa shape index (κ1) is 16.6. The van der Waals surface area contributed by atoms with Crippen LogP contribution in [0.2, 0.25) is 0 Å². The summed E-state index contributed by atoms with van der Waals surface area (Å²) in [5, 5.41) is 3.86. The van der Waals surface area contributed by atoms with Crippen LogP contribution in [0.5, 0.6) is 5.75 Å². The van der Waals surface area contributed by atoms with Crippen LogP contribution in [0, 0.1) is 0 Å². The zero-order chi connectivity index (χ0) is 17.1. The van der Waals surface area contributed by atoms with E-state index in [0.29, 0.717) is 12.1 Å². The Morgan fingerprint density at radius 2 is 1.84 bits per heavy atom. The molecule has 0 spiro atoms. The van der Waals surface area contributed by atoms with Gasteiger partial charge in [0.2, 0.25) is 0 Å². The van der Waals surface area contributed by atoms with Gasteiger partial charge >= 0.3 is 0 Å². The minimum absolute atomic E-state index is 0.487. The third-order valence-electron chi connectivity index (χ3n) is 5.83. The van der Waals surface area contributed by atoms with E-state index in [1.54, 1.807) is 7.11 Å². The fraction of sp³-hybridized carbons (Fsp3) is 0.455. The van der Waals surface area contributed by atoms with Crippen molar-refractivity contribution in [3.05, 3.63) is 65.7 Å². The number of nitrogens with one attached hydrogen (secondary N) is 1. The normalized spacial score (nSPS) is 26.4. The molecular weight excluding hydrogens is 308 g/mol. The Balaban J connectivity index is 1.54. The summed E-state index contributed by atoms with van der Waals surface area (Å²) in [7, 11) is 1.75. The number of methoxy groups -OCH3 is 1. The van der Waals surface area contributed by atoms with Crippen LogP contribution in [-0.2, 0) is 6.54 Å². The smallest absolute Gasteiger partial charge is 0.123 e. The highest BCUT2D eigenvalue weighted by molar-refractivity contribution is 5.33. The maximum Gasteiger partial charge on any atom is 0.123 e. The Kier molecular flexibility index (Phi) is 5.04. The zero-order valence-electron chi connectivity index (χ0n) is 15.0. The van der Waals surface area contributed by atoms with Crippen LogP contribution >= 0.6 is 0 Å². The SMILES string of the molecule is COc1ccccc1CN[C@@H]1C[C@H]2CCCCN2[C@H]1c1ccccc1. The molecule has 0 radical (unpaired) electrons. The van der Waals surface area contributed by atoms with Crippen LogP contribution in [0.3, 0.4) is 0 Å². The van der Waals surface area contributed by atoms with E-state index in [1.165, 1.54) is 43.4 Å². The van der Waals surface area contributed by atoms with Crippen molar-refractivity contribution in [2.75, 3.05) is 13.7 Å². The second kappa shape index (κ2) is 7.59. The Morgan fingerprint density at radius 3 is 2.68 bits per heavy atom. The molecule has 2 aromatic carbocycles. The molecular formula is C22H28N2O. The quantitative estimate of drug-likeness (QED) is 0.887. The van der Waals surface area contributed by atoms with Crippen LogP contribution in [-0.4, -0.2) is 30.6 Å². The van der Waals surface area contributed by atoms with E-state index in [-0.39, 0.29) is 0 Å². The highest BCUT2D eigenvalue weighted by Gasteiger charge is 2.42. The lowest BCUT2D eigenvalue weighted by atomic mass is 9.99. The third-order valence-corrected chi connectivity index (χ3v) is 5.83. The maximum absolute atomic E-state index is 5.52. The molecule has 0 aromatic heterocycles. The lowest BCUT2D eigenvalue weighted by Crippen LogP contribution is -2.39. The van der Waals surface area contributed by atoms with Gasteiger partial charge in [-0.15, -0.1) is 0 Å². The average molecular weight is 336 g/mol. The highest BCUT2D eigenvalue weighted by Crippen LogP contribution is 2.40. The van der Waals surface area contributed by atoms with Crippen molar-refractivity contribution in [1.29, 1.82) is 0 Å². The van der Waals surface area contributed by atoms with Gasteiger partial charge in [0, 0.05) is 24.2 Å². The average Bonchev–Trinajstić information content (AvgIpc) is 3.05. The number of piperidine rings is 1. The van der Waals surface area contributed by atoms with E-state index in [1.807, 2.05) is 12.1 Å². The summed E-state index contributed by atoms with van der Waals surface area (Å²) in [6, 6.07) is 21.1. The fourth-order valence-electron chi connectivity index (χ4n) is 4.65. The number of ether oxygens (including phenoxy) is 1. The van der Waals surface area contributed by atoms with Crippen molar-refractivity contribution in [3.8, 4) is 5.75 Å². The number of hydrogen-bond acceptors (Lipinski definition) is 3. The number of nitrogens with zero attached hydrogens (tertiary/aromatic N) is 1. The van der Waals surface area contributed by atoms with Crippen LogP contribution in [0.15, 0.2) is 54.6 Å². The van der Waals surface area contributed by atoms with E-state index < -0.39 is 0 Å². The number of rotatable bonds is 5. The van der Waals surface area contributed by atoms with Crippen molar-refractivity contribution >= 4 is 0 Å². The number of fused-ring (bicyclic) bond motifs is 1. The van der Waals surface area contributed by atoms with Crippen molar-refractivity contribution < 1.29 is 4.74 Å². The molecule has 2 heterocycles. The van der Waals surface area contributed by atoms with Gasteiger partial charge in [-0.2, -0.15) is 0 Å². The zero-order valence-corrected chi connectivity index (χ0v) is 15.0. The lowest BCUT2D eigenvalue weighted by molar-refractivity contribution is 0.144. The summed E-state index contributed by atoms with van der Waals surface area (Å²) in [4.78, 5) is 2.75. The molecule has 2 aromatic rings. The largest absolute Gasteiger partial charge is 0.496 e. The van der Waals surface area contributed by atoms with Gasteiger partial charge in [-0.05, 0) is 37.4 Å². The Labute approximate surface area is 151 Å². The second-order valence-electron chi connectivity index (χ2n) is 7.28. The molecule has 1 N–H and O–H groups in total. The molecule has 3 atom stereocenters. The highest BCUT2D eigenvalue weighted by atomic mass is 16.5. The van der Waals surface area contributed by atoms with Crippen molar-refractivity contribution in [2.24, 2.45) is 0 Å². The topological polar surface area (TPSA) is 24.5 Å². The molecule has 0 aliphatic carbocycles. The Morgan fingerprint density at radius 1 is 1.04 bits per heavy atom. The molecule has 0 bridgehead atoms. The third kappa shape index (κ3) is 3.44. The number of hydrogen-bond donors (Lipinski definition) is 1. The molecule has 132 valence electrons. The van der Waals surface area contributed by atoms with Crippen LogP contribution in [0.1, 0.15) is 42.9 Å². The van der Waals surface area contributed by atoms with Gasteiger partial charge in [0.15, 0.2) is 0 Å². The summed E-state index contributed by atoms with van der Waals surface area (Å²) >= 11 is 0. The monoisotopic (exact) mass is 336 g/mol. The summed E-state index contributed by atoms with van der Waals surface area (Å²) in [6.07, 6.45) is 5.30. The van der Waals surface area contributed by atoms with Gasteiger partial charge in [-0.3, -0.25) is 4.90 Å². The Hall–Kier alpha value is -1.84. The maximum atomic E-state index is 5.52. The van der Waals surface area contributed by atoms with Crippen molar-refractivity contribution in [2.45, 2.75) is 50.4 Å². The summed E-state index contributed by atoms with van der Waals surface area (Å²) in [5.41, 5.74) is 2.69. The van der Waals surface area contributed by atoms with E-state index in [4.69, 9.17) is 4.74 Å². The number of para-hydroxylation sites is 1. The summed E-state index contributed by atoms with van der Waals surface area (Å²) in [5.74, 6) is 0.974. The van der Waals surface area contributed by atoms with Crippen molar-refractivity contribution in [1.82, 2.24) is 10.2 Å². The molecule has 0 unspecified atom stereocenters. The molecule has 2 aliphatic heterocycles. The summed E-state index contributed by atoms with van der Waals surface area (Å²) in [6.45, 7) is 2.09. The second-order valence-corrected chi connectivity index (χ2v) is 7.28. The molecule has 0 amide bonds. The standard InChI is InChI=1S/C22H28N2O/c1-25-21-13-6-5-11-18(21)16-23-20-15-19-12-7-8-14-24(19)22(20)17-9-3-2-4-10-17/h2-6,9-11,13,19-20,22-23H,7-8,12,14-16H2,1H3/t19-,20-,22+/m1/s1. The molecule has 2 aliphatic rings. The van der Waals surface area contributed by atoms with Gasteiger partial charge in [-0.25, -0.2) is 0 Å². The van der Waals surface area contributed by atoms with E-state index in [9.17, 15) is 0 Å². The molecule has 25 heavy (non-hydrogen) atoms. The molecule has 2 saturated heterocycles. The van der Waals surface area contributed by atoms with Crippen LogP contribution < -0.4 is 10.1 Å². The first-order chi connectivity index (χ1) is 12.4. The Bertz CT molecular complexity index is 687. The molecule has 2 fully saturated rings. The van der Waals surface area contributed by atoms with Gasteiger partial charge < -0.3 is 10.1 Å². The van der Waals surface area contributed by atoms with Gasteiger partial charge in [0.05, 0.1) is 13.2 Å². The van der Waals surface area contributed by atoms with E-state index in [2.05, 4.69) is 52.7 Å². The van der Waals surface area contributed by atoms with Crippen LogP contribution in [0.4, 0.5) is 0 Å². The molecule has 4 rings (SSSR count). The minimum atomic E-state index is 0.487. The first-order valence-corrected chi connectivity index (χ1v) is 9.53. The summed E-state index contributed by atoms with van der Waals surface area (Å²) < 4.78 is 5.52. The van der Waals surface area contributed by atoms with E-state index in [0.717, 1.165) is 18.3 Å². The first-order valence-electron chi connectivity index (χ1n) is 9.53. The predicted molar refractivity (Wildman–Crippen MR) is 102 cm³/mol. The van der Waals surface area contributed by atoms with Crippen molar-refractivity contribution in [3.63, 3.8) is 0 Å². The molecule has 3 nitrogen and oxygen atoms in total. The fourth-order valence-corrected chi connectivity index (χ4v) is 4.65. The predicted octanol–water partition coefficient (Wildman–Crippen LogP) is 4.15. The van der Waals surface area contributed by atoms with Crippen LogP contribution in [0.25, 0.3) is 0 Å².